The van der Waals surface area contributed by atoms with Crippen molar-refractivity contribution < 1.29 is 5.11 Å². The second-order valence-electron chi connectivity index (χ2n) is 6.84. The van der Waals surface area contributed by atoms with Gasteiger partial charge in [0, 0.05) is 37.4 Å². The van der Waals surface area contributed by atoms with Gasteiger partial charge >= 0.3 is 0 Å². The largest absolute Gasteiger partial charge is 0.394 e. The summed E-state index contributed by atoms with van der Waals surface area (Å²) in [7, 11) is 0. The fourth-order valence-corrected chi connectivity index (χ4v) is 3.87. The van der Waals surface area contributed by atoms with E-state index >= 15 is 0 Å². The number of aliphatic hydroxyl groups is 1. The van der Waals surface area contributed by atoms with Crippen LogP contribution in [0.3, 0.4) is 0 Å². The number of nitrogens with one attached hydrogen (secondary N) is 1. The Hall–Kier alpha value is -2.34. The second kappa shape index (κ2) is 7.27. The van der Waals surface area contributed by atoms with Crippen molar-refractivity contribution in [2.45, 2.75) is 31.3 Å². The summed E-state index contributed by atoms with van der Waals surface area (Å²) in [6.45, 7) is 3.17. The number of benzene rings is 1. The van der Waals surface area contributed by atoms with Gasteiger partial charge in [-0.1, -0.05) is 18.2 Å². The third kappa shape index (κ3) is 3.54. The maximum absolute atomic E-state index is 9.53. The monoisotopic (exact) mass is 339 g/mol. The summed E-state index contributed by atoms with van der Waals surface area (Å²) in [5, 5.41) is 13.1. The molecule has 0 radical (unpaired) electrons. The van der Waals surface area contributed by atoms with E-state index in [9.17, 15) is 5.11 Å². The Bertz CT molecular complexity index is 695. The first-order valence-corrected chi connectivity index (χ1v) is 9.09. The molecule has 2 atom stereocenters. The maximum Gasteiger partial charge on any atom is 0.134 e. The molecule has 25 heavy (non-hydrogen) atoms. The van der Waals surface area contributed by atoms with Crippen molar-refractivity contribution in [3.8, 4) is 0 Å². The van der Waals surface area contributed by atoms with Crippen LogP contribution in [0.15, 0.2) is 42.7 Å². The van der Waals surface area contributed by atoms with Gasteiger partial charge in [-0.3, -0.25) is 0 Å². The average molecular weight is 339 g/mol. The zero-order valence-electron chi connectivity index (χ0n) is 14.4. The number of anilines is 3. The molecule has 3 heterocycles. The quantitative estimate of drug-likeness (QED) is 0.870. The molecule has 0 aliphatic carbocycles. The number of nitrogens with zero attached hydrogens (tertiary/aromatic N) is 4. The Balaban J connectivity index is 1.41. The van der Waals surface area contributed by atoms with Gasteiger partial charge in [-0.2, -0.15) is 0 Å². The first-order chi connectivity index (χ1) is 12.3. The topological polar surface area (TPSA) is 64.5 Å². The molecule has 1 aromatic heterocycles. The van der Waals surface area contributed by atoms with Crippen LogP contribution in [0.25, 0.3) is 0 Å². The van der Waals surface area contributed by atoms with Gasteiger partial charge < -0.3 is 20.2 Å². The van der Waals surface area contributed by atoms with Crippen LogP contribution in [-0.4, -0.2) is 53.4 Å². The standard InChI is InChI=1S/C19H25N5O/c25-13-17-7-4-9-24(17)19-11-18(20-14-21-19)22-15-8-10-23(12-15)16-5-2-1-3-6-16/h1-3,5-6,11,14-15,17,25H,4,7-10,12-13H2,(H,20,21,22). The molecule has 4 rings (SSSR count). The van der Waals surface area contributed by atoms with Crippen molar-refractivity contribution in [2.75, 3.05) is 41.4 Å². The minimum absolute atomic E-state index is 0.182. The second-order valence-corrected chi connectivity index (χ2v) is 6.84. The molecule has 2 unspecified atom stereocenters. The summed E-state index contributed by atoms with van der Waals surface area (Å²) >= 11 is 0. The highest BCUT2D eigenvalue weighted by Crippen LogP contribution is 2.26. The third-order valence-corrected chi connectivity index (χ3v) is 5.20. The summed E-state index contributed by atoms with van der Waals surface area (Å²) < 4.78 is 0. The summed E-state index contributed by atoms with van der Waals surface area (Å²) in [4.78, 5) is 13.4. The summed E-state index contributed by atoms with van der Waals surface area (Å²) in [5.74, 6) is 1.78. The van der Waals surface area contributed by atoms with Crippen LogP contribution in [0.1, 0.15) is 19.3 Å². The normalized spacial score (nSPS) is 23.2. The predicted octanol–water partition coefficient (Wildman–Crippen LogP) is 2.13. The molecule has 1 aromatic carbocycles. The molecule has 2 saturated heterocycles. The van der Waals surface area contributed by atoms with E-state index in [0.717, 1.165) is 50.5 Å². The van der Waals surface area contributed by atoms with Crippen molar-refractivity contribution in [1.29, 1.82) is 0 Å². The average Bonchev–Trinajstić information content (AvgIpc) is 3.32. The minimum atomic E-state index is 0.182. The number of para-hydroxylation sites is 1. The van der Waals surface area contributed by atoms with E-state index in [1.165, 1.54) is 5.69 Å². The molecule has 6 nitrogen and oxygen atoms in total. The number of hydrogen-bond acceptors (Lipinski definition) is 6. The zero-order valence-corrected chi connectivity index (χ0v) is 14.4. The van der Waals surface area contributed by atoms with Crippen LogP contribution in [0, 0.1) is 0 Å². The first-order valence-electron chi connectivity index (χ1n) is 9.09. The molecule has 2 aromatic rings. The first kappa shape index (κ1) is 16.1. The van der Waals surface area contributed by atoms with E-state index in [1.807, 2.05) is 6.07 Å². The van der Waals surface area contributed by atoms with Gasteiger partial charge in [-0.15, -0.1) is 0 Å². The van der Waals surface area contributed by atoms with Gasteiger partial charge in [-0.25, -0.2) is 9.97 Å². The summed E-state index contributed by atoms with van der Waals surface area (Å²) in [6.07, 6.45) is 4.84. The van der Waals surface area contributed by atoms with Gasteiger partial charge in [0.25, 0.3) is 0 Å². The molecule has 2 N–H and O–H groups in total. The third-order valence-electron chi connectivity index (χ3n) is 5.20. The van der Waals surface area contributed by atoms with Crippen LogP contribution in [0.2, 0.25) is 0 Å². The highest BCUT2D eigenvalue weighted by Gasteiger charge is 2.26. The lowest BCUT2D eigenvalue weighted by Crippen LogP contribution is -2.33. The lowest BCUT2D eigenvalue weighted by Gasteiger charge is -2.24. The molecule has 6 heteroatoms. The molecule has 0 bridgehead atoms. The fourth-order valence-electron chi connectivity index (χ4n) is 3.87. The lowest BCUT2D eigenvalue weighted by molar-refractivity contribution is 0.266. The zero-order chi connectivity index (χ0) is 17.1. The Kier molecular flexibility index (Phi) is 4.70. The van der Waals surface area contributed by atoms with E-state index in [1.54, 1.807) is 6.33 Å². The maximum atomic E-state index is 9.53. The van der Waals surface area contributed by atoms with E-state index in [2.05, 4.69) is 55.4 Å². The van der Waals surface area contributed by atoms with Crippen LogP contribution in [-0.2, 0) is 0 Å². The van der Waals surface area contributed by atoms with Crippen LogP contribution in [0.4, 0.5) is 17.3 Å². The molecule has 0 amide bonds. The van der Waals surface area contributed by atoms with Gasteiger partial charge in [0.2, 0.25) is 0 Å². The Labute approximate surface area is 148 Å². The van der Waals surface area contributed by atoms with E-state index in [4.69, 9.17) is 0 Å². The Morgan fingerprint density at radius 1 is 1.12 bits per heavy atom. The number of rotatable bonds is 5. The van der Waals surface area contributed by atoms with Crippen molar-refractivity contribution >= 4 is 17.3 Å². The smallest absolute Gasteiger partial charge is 0.134 e. The summed E-state index contributed by atoms with van der Waals surface area (Å²) in [6, 6.07) is 13.1. The summed E-state index contributed by atoms with van der Waals surface area (Å²) in [5.41, 5.74) is 1.28. The van der Waals surface area contributed by atoms with Crippen molar-refractivity contribution in [3.05, 3.63) is 42.7 Å². The minimum Gasteiger partial charge on any atom is -0.394 e. The van der Waals surface area contributed by atoms with Gasteiger partial charge in [0.05, 0.1) is 12.6 Å². The van der Waals surface area contributed by atoms with Crippen molar-refractivity contribution in [3.63, 3.8) is 0 Å². The van der Waals surface area contributed by atoms with E-state index in [-0.39, 0.29) is 12.6 Å². The molecule has 2 aliphatic rings. The van der Waals surface area contributed by atoms with Gasteiger partial charge in [0.1, 0.15) is 18.0 Å². The molecule has 0 spiro atoms. The van der Waals surface area contributed by atoms with Crippen LogP contribution >= 0.6 is 0 Å². The molecule has 2 aliphatic heterocycles. The van der Waals surface area contributed by atoms with Gasteiger partial charge in [-0.05, 0) is 31.4 Å². The lowest BCUT2D eigenvalue weighted by atomic mass is 10.2. The Morgan fingerprint density at radius 3 is 2.84 bits per heavy atom. The molecule has 0 saturated carbocycles. The number of aliphatic hydroxyl groups excluding tert-OH is 1. The predicted molar refractivity (Wildman–Crippen MR) is 100 cm³/mol. The molecular weight excluding hydrogens is 314 g/mol. The van der Waals surface area contributed by atoms with Gasteiger partial charge in [0.15, 0.2) is 0 Å². The number of hydrogen-bond donors (Lipinski definition) is 2. The molecular formula is C19H25N5O. The SMILES string of the molecule is OCC1CCCN1c1cc(NC2CCN(c3ccccc3)C2)ncn1. The highest BCUT2D eigenvalue weighted by atomic mass is 16.3. The van der Waals surface area contributed by atoms with E-state index < -0.39 is 0 Å². The van der Waals surface area contributed by atoms with Crippen LogP contribution in [0.5, 0.6) is 0 Å². The molecule has 132 valence electrons. The van der Waals surface area contributed by atoms with Crippen molar-refractivity contribution in [1.82, 2.24) is 9.97 Å². The van der Waals surface area contributed by atoms with Crippen molar-refractivity contribution in [2.24, 2.45) is 0 Å². The Morgan fingerprint density at radius 2 is 2.00 bits per heavy atom. The van der Waals surface area contributed by atoms with E-state index in [0.29, 0.717) is 6.04 Å². The molecule has 2 fully saturated rings. The fraction of sp³-hybridized carbons (Fsp3) is 0.474. The number of aromatic nitrogens is 2. The highest BCUT2D eigenvalue weighted by molar-refractivity contribution is 5.52. The van der Waals surface area contributed by atoms with Crippen LogP contribution < -0.4 is 15.1 Å².